The molecule has 0 radical (unpaired) electrons. The van der Waals surface area contributed by atoms with E-state index in [1.807, 2.05) is 0 Å². The van der Waals surface area contributed by atoms with Crippen LogP contribution in [0.4, 0.5) is 0 Å². The van der Waals surface area contributed by atoms with E-state index in [-0.39, 0.29) is 0 Å². The van der Waals surface area contributed by atoms with Crippen LogP contribution in [-0.2, 0) is 20.9 Å². The van der Waals surface area contributed by atoms with Gasteiger partial charge in [0.15, 0.2) is 0 Å². The van der Waals surface area contributed by atoms with E-state index in [1.54, 1.807) is 0 Å². The van der Waals surface area contributed by atoms with Crippen molar-refractivity contribution in [3.8, 4) is 0 Å². The molecule has 180 valence electrons. The molecule has 0 N–H and O–H groups in total. The molecule has 2 aliphatic carbocycles. The fourth-order valence-electron chi connectivity index (χ4n) is 8.62. The minimum absolute atomic E-state index is 0.374. The molecule has 0 aliphatic heterocycles. The van der Waals surface area contributed by atoms with Crippen LogP contribution in [0.5, 0.6) is 0 Å². The molecule has 0 nitrogen and oxygen atoms in total. The third-order valence-corrected chi connectivity index (χ3v) is 32.9. The quantitative estimate of drug-likeness (QED) is 0.224. The van der Waals surface area contributed by atoms with E-state index in [4.69, 9.17) is 0 Å². The Labute approximate surface area is 213 Å². The number of allylic oxidation sites excluding steroid dienone is 2. The normalized spacial score (nSPS) is 21.1. The Balaban J connectivity index is 1.76. The monoisotopic (exact) mass is 520 g/mol. The van der Waals surface area contributed by atoms with Crippen LogP contribution >= 0.6 is 0 Å². The molecule has 0 heterocycles. The van der Waals surface area contributed by atoms with Crippen molar-refractivity contribution in [2.75, 3.05) is 0 Å². The van der Waals surface area contributed by atoms with Gasteiger partial charge >= 0.3 is 214 Å². The fraction of sp³-hybridized carbons (Fsp3) is 0.176. The van der Waals surface area contributed by atoms with Gasteiger partial charge < -0.3 is 0 Å². The Morgan fingerprint density at radius 3 is 1.31 bits per heavy atom. The molecule has 0 saturated heterocycles. The minimum atomic E-state index is -4.87. The molecule has 0 fully saturated rings. The summed E-state index contributed by atoms with van der Waals surface area (Å²) in [5.41, 5.74) is 8.72. The molecule has 4 aromatic rings. The average Bonchev–Trinajstić information content (AvgIpc) is 3.52. The molecule has 2 atom stereocenters. The Kier molecular flexibility index (Phi) is 4.73. The molecule has 4 aromatic carbocycles. The average molecular weight is 521 g/mol. The van der Waals surface area contributed by atoms with Gasteiger partial charge in [0.1, 0.15) is 0 Å². The maximum absolute atomic E-state index is 4.87. The van der Waals surface area contributed by atoms with Gasteiger partial charge in [0, 0.05) is 0 Å². The summed E-state index contributed by atoms with van der Waals surface area (Å²) in [5, 5.41) is 5.62. The second-order valence-electron chi connectivity index (χ2n) is 14.2. The zero-order chi connectivity index (χ0) is 25.0. The summed E-state index contributed by atoms with van der Waals surface area (Å²) in [6.07, 6.45) is 10.00. The van der Waals surface area contributed by atoms with Crippen molar-refractivity contribution in [2.45, 2.75) is 28.4 Å². The standard InChI is InChI=1S/2C9H7.2C7H7.2CH3.H2Si.Ti/c2*1-2-5-9-7-3-6-8(9)4-1;2*1-7-5-3-2-4-6-7;;;;/h2*1-7H;2*2-6H,1H2;2*1H3;1H2;. The van der Waals surface area contributed by atoms with Crippen molar-refractivity contribution in [1.82, 2.24) is 0 Å². The SMILES string of the molecule is [CH3][Ti]([CH3])(=[SiH2])([CH2]c1ccccc1)([CH2]c1ccccc1)([CH]1C=Cc2ccccc21)[CH]1C=Cc2ccccc21. The van der Waals surface area contributed by atoms with Crippen molar-refractivity contribution >= 4 is 19.8 Å². The zero-order valence-electron chi connectivity index (χ0n) is 21.5. The van der Waals surface area contributed by atoms with E-state index in [1.165, 1.54) is 33.4 Å². The number of rotatable bonds is 6. The van der Waals surface area contributed by atoms with Gasteiger partial charge in [0.05, 0.1) is 0 Å². The van der Waals surface area contributed by atoms with Gasteiger partial charge in [0.25, 0.3) is 0 Å². The van der Waals surface area contributed by atoms with Gasteiger partial charge in [-0.1, -0.05) is 0 Å². The maximum atomic E-state index is 2.81. The van der Waals surface area contributed by atoms with Gasteiger partial charge in [-0.25, -0.2) is 0 Å². The molecule has 6 rings (SSSR count). The Morgan fingerprint density at radius 2 is 0.889 bits per heavy atom. The van der Waals surface area contributed by atoms with Crippen molar-refractivity contribution in [1.29, 1.82) is 0 Å². The van der Waals surface area contributed by atoms with Crippen LogP contribution in [-0.4, -0.2) is 7.63 Å². The molecule has 0 bridgehead atoms. The summed E-state index contributed by atoms with van der Waals surface area (Å²) >= 11 is -4.87. The van der Waals surface area contributed by atoms with E-state index in [2.05, 4.69) is 152 Å². The summed E-state index contributed by atoms with van der Waals surface area (Å²) < 4.78 is 2.97. The second kappa shape index (κ2) is 7.19. The first-order valence-corrected chi connectivity index (χ1v) is 24.5. The van der Waals surface area contributed by atoms with E-state index in [0.29, 0.717) is 8.45 Å². The molecule has 0 amide bonds. The van der Waals surface area contributed by atoms with Crippen LogP contribution < -0.4 is 0 Å². The van der Waals surface area contributed by atoms with Gasteiger partial charge in [-0.15, -0.1) is 0 Å². The Hall–Kier alpha value is -2.71. The molecule has 0 aromatic heterocycles. The molecule has 0 spiro atoms. The van der Waals surface area contributed by atoms with E-state index in [0.717, 1.165) is 9.45 Å². The van der Waals surface area contributed by atoms with Crippen molar-refractivity contribution in [3.63, 3.8) is 0 Å². The van der Waals surface area contributed by atoms with Crippen LogP contribution in [0.15, 0.2) is 121 Å². The number of benzene rings is 4. The van der Waals surface area contributed by atoms with Gasteiger partial charge in [-0.05, 0) is 0 Å². The second-order valence-corrected chi connectivity index (χ2v) is 49.0. The number of fused-ring (bicyclic) bond motifs is 2. The number of hydrogen-bond acceptors (Lipinski definition) is 0. The van der Waals surface area contributed by atoms with Crippen LogP contribution in [0.25, 0.3) is 12.2 Å². The Bertz CT molecular complexity index is 1540. The zero-order valence-corrected chi connectivity index (χ0v) is 24.5. The summed E-state index contributed by atoms with van der Waals surface area (Å²) in [4.78, 5) is 0. The predicted molar refractivity (Wildman–Crippen MR) is 157 cm³/mol. The summed E-state index contributed by atoms with van der Waals surface area (Å²) in [7, 11) is 2.46. The topological polar surface area (TPSA) is 0 Å². The van der Waals surface area contributed by atoms with Crippen LogP contribution in [0.2, 0.25) is 10.5 Å². The van der Waals surface area contributed by atoms with Crippen LogP contribution in [0.3, 0.4) is 0 Å². The van der Waals surface area contributed by atoms with Gasteiger partial charge in [0.2, 0.25) is 0 Å². The summed E-state index contributed by atoms with van der Waals surface area (Å²) in [5.74, 6) is 0. The van der Waals surface area contributed by atoms with Crippen molar-refractivity contribution in [3.05, 3.63) is 155 Å². The molecule has 36 heavy (non-hydrogen) atoms. The predicted octanol–water partition coefficient (Wildman–Crippen LogP) is 8.33. The van der Waals surface area contributed by atoms with Crippen molar-refractivity contribution < 1.29 is 11.5 Å². The van der Waals surface area contributed by atoms with Crippen LogP contribution in [0, 0.1) is 0 Å². The van der Waals surface area contributed by atoms with Crippen molar-refractivity contribution in [2.24, 2.45) is 0 Å². The third kappa shape index (κ3) is 3.30. The first-order chi connectivity index (χ1) is 17.2. The Morgan fingerprint density at radius 1 is 0.528 bits per heavy atom. The van der Waals surface area contributed by atoms with E-state index in [9.17, 15) is 0 Å². The first-order valence-electron chi connectivity index (χ1n) is 13.3. The van der Waals surface area contributed by atoms with E-state index < -0.39 is 11.5 Å². The molecular weight excluding hydrogens is 484 g/mol. The molecule has 2 heteroatoms. The van der Waals surface area contributed by atoms with Crippen LogP contribution in [0.1, 0.15) is 41.8 Å². The first kappa shape index (κ1) is 23.7. The molecular formula is C34H36SiTi. The van der Waals surface area contributed by atoms with Gasteiger partial charge in [-0.3, -0.25) is 0 Å². The third-order valence-electron chi connectivity index (χ3n) is 10.2. The molecule has 2 aliphatic rings. The van der Waals surface area contributed by atoms with E-state index >= 15 is 0 Å². The summed E-state index contributed by atoms with van der Waals surface area (Å²) in [6, 6.07) is 40.9. The van der Waals surface area contributed by atoms with Gasteiger partial charge in [-0.2, -0.15) is 0 Å². The fourth-order valence-corrected chi connectivity index (χ4v) is 31.2. The molecule has 0 saturated carbocycles. The number of hydrogen-bond donors (Lipinski definition) is 0. The summed E-state index contributed by atoms with van der Waals surface area (Å²) in [6.45, 7) is 0. The molecule has 2 unspecified atom stereocenters.